The van der Waals surface area contributed by atoms with Crippen molar-refractivity contribution in [1.82, 2.24) is 9.78 Å². The molecule has 0 saturated heterocycles. The third-order valence-corrected chi connectivity index (χ3v) is 2.53. The number of hydrogen-bond donors (Lipinski definition) is 0. The molecule has 2 aromatic rings. The number of nitriles is 1. The summed E-state index contributed by atoms with van der Waals surface area (Å²) in [6, 6.07) is 6.06. The van der Waals surface area contributed by atoms with Crippen LogP contribution in [0.3, 0.4) is 0 Å². The zero-order valence-electron chi connectivity index (χ0n) is 8.41. The minimum absolute atomic E-state index is 0.272. The highest BCUT2D eigenvalue weighted by Crippen LogP contribution is 2.19. The van der Waals surface area contributed by atoms with Gasteiger partial charge in [0.15, 0.2) is 0 Å². The van der Waals surface area contributed by atoms with Crippen molar-refractivity contribution in [3.8, 4) is 11.8 Å². The summed E-state index contributed by atoms with van der Waals surface area (Å²) in [6.07, 6.45) is 1.53. The first-order valence-electron chi connectivity index (χ1n) is 4.53. The molecule has 0 spiro atoms. The fourth-order valence-electron chi connectivity index (χ4n) is 1.32. The van der Waals surface area contributed by atoms with Crippen LogP contribution in [-0.4, -0.2) is 9.78 Å². The monoisotopic (exact) mass is 235 g/mol. The smallest absolute Gasteiger partial charge is 0.150 e. The Bertz CT molecular complexity index is 564. The topological polar surface area (TPSA) is 41.6 Å². The molecule has 0 aliphatic rings. The third kappa shape index (κ3) is 1.77. The molecular formula is C11H7ClFN3. The van der Waals surface area contributed by atoms with E-state index in [1.165, 1.54) is 29.1 Å². The Kier molecular flexibility index (Phi) is 2.63. The summed E-state index contributed by atoms with van der Waals surface area (Å²) in [5.41, 5.74) is 1.18. The first kappa shape index (κ1) is 10.7. The number of halogens is 2. The second-order valence-electron chi connectivity index (χ2n) is 3.29. The summed E-state index contributed by atoms with van der Waals surface area (Å²) < 4.78 is 15.0. The van der Waals surface area contributed by atoms with Crippen molar-refractivity contribution in [2.45, 2.75) is 6.92 Å². The molecular weight excluding hydrogens is 229 g/mol. The van der Waals surface area contributed by atoms with Crippen LogP contribution in [0.4, 0.5) is 4.39 Å². The SMILES string of the molecule is Cc1nn(-c2ccc(C#N)cc2F)cc1Cl. The summed E-state index contributed by atoms with van der Waals surface area (Å²) in [6.45, 7) is 1.74. The Labute approximate surface area is 96.7 Å². The second-order valence-corrected chi connectivity index (χ2v) is 3.69. The van der Waals surface area contributed by atoms with Crippen molar-refractivity contribution in [3.05, 3.63) is 46.5 Å². The molecule has 0 amide bonds. The molecule has 0 bridgehead atoms. The van der Waals surface area contributed by atoms with Gasteiger partial charge in [-0.15, -0.1) is 0 Å². The molecule has 0 unspecified atom stereocenters. The Hall–Kier alpha value is -1.86. The van der Waals surface area contributed by atoms with Gasteiger partial charge in [0.1, 0.15) is 11.5 Å². The van der Waals surface area contributed by atoms with E-state index in [0.29, 0.717) is 10.7 Å². The molecule has 5 heteroatoms. The quantitative estimate of drug-likeness (QED) is 0.763. The molecule has 0 fully saturated rings. The zero-order chi connectivity index (χ0) is 11.7. The minimum atomic E-state index is -0.502. The lowest BCUT2D eigenvalue weighted by Crippen LogP contribution is -1.98. The number of nitrogens with zero attached hydrogens (tertiary/aromatic N) is 3. The Morgan fingerprint density at radius 3 is 2.75 bits per heavy atom. The lowest BCUT2D eigenvalue weighted by atomic mass is 10.2. The zero-order valence-corrected chi connectivity index (χ0v) is 9.16. The van der Waals surface area contributed by atoms with Crippen LogP contribution in [0.5, 0.6) is 0 Å². The van der Waals surface area contributed by atoms with Crippen molar-refractivity contribution >= 4 is 11.6 Å². The van der Waals surface area contributed by atoms with Gasteiger partial charge in [-0.3, -0.25) is 0 Å². The summed E-state index contributed by atoms with van der Waals surface area (Å²) in [4.78, 5) is 0. The first-order chi connectivity index (χ1) is 7.61. The number of aromatic nitrogens is 2. The van der Waals surface area contributed by atoms with E-state index < -0.39 is 5.82 Å². The molecule has 2 rings (SSSR count). The van der Waals surface area contributed by atoms with Gasteiger partial charge in [-0.25, -0.2) is 9.07 Å². The molecule has 0 N–H and O–H groups in total. The number of aryl methyl sites for hydroxylation is 1. The van der Waals surface area contributed by atoms with Gasteiger partial charge >= 0.3 is 0 Å². The maximum Gasteiger partial charge on any atom is 0.150 e. The van der Waals surface area contributed by atoms with E-state index in [1.54, 1.807) is 6.92 Å². The van der Waals surface area contributed by atoms with Crippen LogP contribution in [0.2, 0.25) is 5.02 Å². The molecule has 1 aromatic heterocycles. The molecule has 0 aliphatic heterocycles. The Morgan fingerprint density at radius 1 is 1.50 bits per heavy atom. The van der Waals surface area contributed by atoms with Gasteiger partial charge in [-0.2, -0.15) is 10.4 Å². The fraction of sp³-hybridized carbons (Fsp3) is 0.0909. The molecule has 0 aliphatic carbocycles. The maximum atomic E-state index is 13.6. The first-order valence-corrected chi connectivity index (χ1v) is 4.91. The van der Waals surface area contributed by atoms with Crippen molar-refractivity contribution in [3.63, 3.8) is 0 Å². The Morgan fingerprint density at radius 2 is 2.25 bits per heavy atom. The number of hydrogen-bond acceptors (Lipinski definition) is 2. The van der Waals surface area contributed by atoms with Gasteiger partial charge in [0.05, 0.1) is 22.3 Å². The summed E-state index contributed by atoms with van der Waals surface area (Å²) >= 11 is 5.83. The molecule has 0 saturated carbocycles. The van der Waals surface area contributed by atoms with E-state index in [2.05, 4.69) is 5.10 Å². The molecule has 16 heavy (non-hydrogen) atoms. The van der Waals surface area contributed by atoms with Gasteiger partial charge < -0.3 is 0 Å². The minimum Gasteiger partial charge on any atom is -0.236 e. The fourth-order valence-corrected chi connectivity index (χ4v) is 1.45. The van der Waals surface area contributed by atoms with Crippen molar-refractivity contribution < 1.29 is 4.39 Å². The summed E-state index contributed by atoms with van der Waals surface area (Å²) in [7, 11) is 0. The van der Waals surface area contributed by atoms with Gasteiger partial charge in [0, 0.05) is 6.20 Å². The van der Waals surface area contributed by atoms with E-state index in [9.17, 15) is 4.39 Å². The van der Waals surface area contributed by atoms with Crippen LogP contribution in [-0.2, 0) is 0 Å². The van der Waals surface area contributed by atoms with E-state index in [0.717, 1.165) is 0 Å². The number of rotatable bonds is 1. The molecule has 0 atom stereocenters. The molecule has 1 heterocycles. The highest BCUT2D eigenvalue weighted by Gasteiger charge is 2.09. The molecule has 80 valence electrons. The van der Waals surface area contributed by atoms with Crippen LogP contribution < -0.4 is 0 Å². The van der Waals surface area contributed by atoms with Gasteiger partial charge in [-0.1, -0.05) is 11.6 Å². The van der Waals surface area contributed by atoms with E-state index >= 15 is 0 Å². The van der Waals surface area contributed by atoms with E-state index in [-0.39, 0.29) is 11.3 Å². The van der Waals surface area contributed by atoms with Crippen LogP contribution in [0.1, 0.15) is 11.3 Å². The van der Waals surface area contributed by atoms with E-state index in [1.807, 2.05) is 6.07 Å². The normalized spacial score (nSPS) is 10.1. The highest BCUT2D eigenvalue weighted by atomic mass is 35.5. The van der Waals surface area contributed by atoms with Gasteiger partial charge in [0.25, 0.3) is 0 Å². The predicted molar refractivity (Wildman–Crippen MR) is 58.0 cm³/mol. The van der Waals surface area contributed by atoms with E-state index in [4.69, 9.17) is 16.9 Å². The summed E-state index contributed by atoms with van der Waals surface area (Å²) in [5.74, 6) is -0.502. The number of benzene rings is 1. The Balaban J connectivity index is 2.53. The van der Waals surface area contributed by atoms with Crippen LogP contribution >= 0.6 is 11.6 Å². The predicted octanol–water partition coefficient (Wildman–Crippen LogP) is 2.84. The lowest BCUT2D eigenvalue weighted by molar-refractivity contribution is 0.610. The highest BCUT2D eigenvalue weighted by molar-refractivity contribution is 6.31. The maximum absolute atomic E-state index is 13.6. The average molecular weight is 236 g/mol. The molecule has 0 radical (unpaired) electrons. The van der Waals surface area contributed by atoms with Gasteiger partial charge in [-0.05, 0) is 25.1 Å². The van der Waals surface area contributed by atoms with Crippen molar-refractivity contribution in [2.75, 3.05) is 0 Å². The second kappa shape index (κ2) is 3.95. The molecule has 3 nitrogen and oxygen atoms in total. The van der Waals surface area contributed by atoms with Crippen molar-refractivity contribution in [1.29, 1.82) is 5.26 Å². The van der Waals surface area contributed by atoms with Crippen LogP contribution in [0, 0.1) is 24.1 Å². The van der Waals surface area contributed by atoms with Crippen LogP contribution in [0.25, 0.3) is 5.69 Å². The lowest BCUT2D eigenvalue weighted by Gasteiger charge is -2.02. The standard InChI is InChI=1S/C11H7ClFN3/c1-7-9(12)6-16(15-7)11-3-2-8(5-14)4-10(11)13/h2-4,6H,1H3. The largest absolute Gasteiger partial charge is 0.236 e. The van der Waals surface area contributed by atoms with Crippen LogP contribution in [0.15, 0.2) is 24.4 Å². The summed E-state index contributed by atoms with van der Waals surface area (Å²) in [5, 5.41) is 13.1. The molecule has 1 aromatic carbocycles. The van der Waals surface area contributed by atoms with Gasteiger partial charge in [0.2, 0.25) is 0 Å². The van der Waals surface area contributed by atoms with Crippen molar-refractivity contribution in [2.24, 2.45) is 0 Å². The third-order valence-electron chi connectivity index (χ3n) is 2.16. The average Bonchev–Trinajstić information content (AvgIpc) is 2.58.